The van der Waals surface area contributed by atoms with E-state index in [0.717, 1.165) is 53.0 Å². The van der Waals surface area contributed by atoms with E-state index in [1.807, 2.05) is 37.3 Å². The van der Waals surface area contributed by atoms with Crippen LogP contribution in [0.4, 0.5) is 5.69 Å². The molecule has 28 heavy (non-hydrogen) atoms. The molecule has 0 unspecified atom stereocenters. The van der Waals surface area contributed by atoms with E-state index in [-0.39, 0.29) is 11.9 Å². The zero-order valence-electron chi connectivity index (χ0n) is 16.4. The van der Waals surface area contributed by atoms with Gasteiger partial charge in [0.1, 0.15) is 18.1 Å². The Hall–Kier alpha value is -2.82. The number of amides is 1. The van der Waals surface area contributed by atoms with Crippen molar-refractivity contribution in [1.29, 1.82) is 0 Å². The Labute approximate surface area is 165 Å². The molecule has 0 bridgehead atoms. The quantitative estimate of drug-likeness (QED) is 0.754. The van der Waals surface area contributed by atoms with Crippen molar-refractivity contribution >= 4 is 17.3 Å². The highest BCUT2D eigenvalue weighted by Gasteiger charge is 2.22. The number of carbonyl (C=O) groups excluding carboxylic acids is 1. The van der Waals surface area contributed by atoms with Crippen molar-refractivity contribution in [2.75, 3.05) is 13.2 Å². The lowest BCUT2D eigenvalue weighted by atomic mass is 10.0. The predicted molar refractivity (Wildman–Crippen MR) is 110 cm³/mol. The summed E-state index contributed by atoms with van der Waals surface area (Å²) < 4.78 is 11.6. The summed E-state index contributed by atoms with van der Waals surface area (Å²) >= 11 is 0. The number of nitrogens with zero attached hydrogens (tertiary/aromatic N) is 1. The SMILES string of the molecule is CC(=O)N[C@@H](C)COc1ccc2c(c1)CC(c1ccc(OCC3CC3)cc1)=N2. The number of hydrogen-bond donors (Lipinski definition) is 1. The minimum absolute atomic E-state index is 0.0294. The molecule has 5 heteroatoms. The van der Waals surface area contributed by atoms with Crippen LogP contribution in [0.25, 0.3) is 0 Å². The standard InChI is InChI=1S/C23H26N2O3/c1-15(24-16(2)26)13-27-21-9-10-22-19(11-21)12-23(25-22)18-5-7-20(8-6-18)28-14-17-3-4-17/h5-11,15,17H,3-4,12-14H2,1-2H3,(H,24,26)/t15-/m0/s1. The van der Waals surface area contributed by atoms with E-state index in [4.69, 9.17) is 14.5 Å². The van der Waals surface area contributed by atoms with Crippen LogP contribution in [0.1, 0.15) is 37.8 Å². The fraction of sp³-hybridized carbons (Fsp3) is 0.391. The number of ether oxygens (including phenoxy) is 2. The first kappa shape index (κ1) is 18.5. The molecule has 5 nitrogen and oxygen atoms in total. The minimum atomic E-state index is -0.0490. The third-order valence-corrected chi connectivity index (χ3v) is 4.98. The molecule has 0 radical (unpaired) electrons. The molecule has 1 fully saturated rings. The largest absolute Gasteiger partial charge is 0.493 e. The molecule has 1 aliphatic heterocycles. The summed E-state index contributed by atoms with van der Waals surface area (Å²) in [6, 6.07) is 14.2. The second-order valence-electron chi connectivity index (χ2n) is 7.72. The molecule has 146 valence electrons. The van der Waals surface area contributed by atoms with Gasteiger partial charge in [0.05, 0.1) is 24.0 Å². The van der Waals surface area contributed by atoms with Crippen LogP contribution in [0.15, 0.2) is 47.5 Å². The number of nitrogens with one attached hydrogen (secondary N) is 1. The Bertz CT molecular complexity index is 885. The van der Waals surface area contributed by atoms with Crippen molar-refractivity contribution in [1.82, 2.24) is 5.32 Å². The lowest BCUT2D eigenvalue weighted by molar-refractivity contribution is -0.119. The lowest BCUT2D eigenvalue weighted by Gasteiger charge is -2.14. The average Bonchev–Trinajstić information content (AvgIpc) is 3.41. The minimum Gasteiger partial charge on any atom is -0.493 e. The zero-order chi connectivity index (χ0) is 19.5. The van der Waals surface area contributed by atoms with Gasteiger partial charge in [-0.1, -0.05) is 0 Å². The summed E-state index contributed by atoms with van der Waals surface area (Å²) in [4.78, 5) is 15.9. The number of hydrogen-bond acceptors (Lipinski definition) is 4. The molecular formula is C23H26N2O3. The molecule has 1 saturated carbocycles. The summed E-state index contributed by atoms with van der Waals surface area (Å²) in [7, 11) is 0. The first-order valence-electron chi connectivity index (χ1n) is 9.90. The fourth-order valence-electron chi connectivity index (χ4n) is 3.29. The normalized spacial score (nSPS) is 16.1. The molecular weight excluding hydrogens is 352 g/mol. The van der Waals surface area contributed by atoms with Crippen LogP contribution in [0.3, 0.4) is 0 Å². The monoisotopic (exact) mass is 378 g/mol. The van der Waals surface area contributed by atoms with E-state index in [1.54, 1.807) is 0 Å². The Morgan fingerprint density at radius 1 is 1.14 bits per heavy atom. The Balaban J connectivity index is 1.35. The van der Waals surface area contributed by atoms with Gasteiger partial charge in [0, 0.05) is 13.3 Å². The predicted octanol–water partition coefficient (Wildman–Crippen LogP) is 4.06. The Kier molecular flexibility index (Phi) is 5.33. The summed E-state index contributed by atoms with van der Waals surface area (Å²) in [6.07, 6.45) is 3.38. The first-order chi connectivity index (χ1) is 13.6. The number of rotatable bonds is 8. The van der Waals surface area contributed by atoms with Crippen LogP contribution in [0.2, 0.25) is 0 Å². The molecule has 1 heterocycles. The molecule has 0 spiro atoms. The third kappa shape index (κ3) is 4.71. The Morgan fingerprint density at radius 2 is 1.89 bits per heavy atom. The van der Waals surface area contributed by atoms with Crippen LogP contribution in [-0.2, 0) is 11.2 Å². The highest BCUT2D eigenvalue weighted by molar-refractivity contribution is 6.06. The maximum absolute atomic E-state index is 11.1. The van der Waals surface area contributed by atoms with Gasteiger partial charge in [0.2, 0.25) is 5.91 Å². The lowest BCUT2D eigenvalue weighted by Crippen LogP contribution is -2.35. The summed E-state index contributed by atoms with van der Waals surface area (Å²) in [6.45, 7) is 4.70. The number of fused-ring (bicyclic) bond motifs is 1. The molecule has 1 amide bonds. The second kappa shape index (κ2) is 8.05. The second-order valence-corrected chi connectivity index (χ2v) is 7.72. The maximum atomic E-state index is 11.1. The van der Waals surface area contributed by atoms with Crippen molar-refractivity contribution in [3.63, 3.8) is 0 Å². The van der Waals surface area contributed by atoms with Gasteiger partial charge >= 0.3 is 0 Å². The van der Waals surface area contributed by atoms with Crippen molar-refractivity contribution in [2.24, 2.45) is 10.9 Å². The van der Waals surface area contributed by atoms with Gasteiger partial charge in [0.15, 0.2) is 0 Å². The van der Waals surface area contributed by atoms with Crippen molar-refractivity contribution in [3.8, 4) is 11.5 Å². The van der Waals surface area contributed by atoms with Gasteiger partial charge in [-0.3, -0.25) is 9.79 Å². The van der Waals surface area contributed by atoms with Crippen molar-refractivity contribution in [2.45, 2.75) is 39.2 Å². The van der Waals surface area contributed by atoms with Gasteiger partial charge in [0.25, 0.3) is 0 Å². The summed E-state index contributed by atoms with van der Waals surface area (Å²) in [5, 5.41) is 2.82. The zero-order valence-corrected chi connectivity index (χ0v) is 16.4. The molecule has 4 rings (SSSR count). The Morgan fingerprint density at radius 3 is 2.61 bits per heavy atom. The van der Waals surface area contributed by atoms with Gasteiger partial charge in [-0.05, 0) is 79.3 Å². The van der Waals surface area contributed by atoms with Gasteiger partial charge < -0.3 is 14.8 Å². The van der Waals surface area contributed by atoms with Crippen molar-refractivity contribution in [3.05, 3.63) is 53.6 Å². The molecule has 1 N–H and O–H groups in total. The van der Waals surface area contributed by atoms with Crippen LogP contribution in [0.5, 0.6) is 11.5 Å². The molecule has 1 atom stereocenters. The highest BCUT2D eigenvalue weighted by Crippen LogP contribution is 2.33. The molecule has 2 aromatic rings. The van der Waals surface area contributed by atoms with Crippen LogP contribution in [0, 0.1) is 5.92 Å². The third-order valence-electron chi connectivity index (χ3n) is 4.98. The molecule has 2 aromatic carbocycles. The molecule has 0 aromatic heterocycles. The average molecular weight is 378 g/mol. The molecule has 0 saturated heterocycles. The maximum Gasteiger partial charge on any atom is 0.217 e. The molecule has 2 aliphatic rings. The van der Waals surface area contributed by atoms with E-state index in [1.165, 1.54) is 19.8 Å². The summed E-state index contributed by atoms with van der Waals surface area (Å²) in [5.74, 6) is 2.44. The number of aliphatic imine (C=N–C) groups is 1. The fourth-order valence-corrected chi connectivity index (χ4v) is 3.29. The van der Waals surface area contributed by atoms with E-state index >= 15 is 0 Å². The van der Waals surface area contributed by atoms with E-state index in [2.05, 4.69) is 17.4 Å². The first-order valence-corrected chi connectivity index (χ1v) is 9.90. The van der Waals surface area contributed by atoms with Gasteiger partial charge in [-0.15, -0.1) is 0 Å². The van der Waals surface area contributed by atoms with Crippen molar-refractivity contribution < 1.29 is 14.3 Å². The number of benzene rings is 2. The highest BCUT2D eigenvalue weighted by atomic mass is 16.5. The van der Waals surface area contributed by atoms with Gasteiger partial charge in [-0.2, -0.15) is 0 Å². The van der Waals surface area contributed by atoms with E-state index < -0.39 is 0 Å². The smallest absolute Gasteiger partial charge is 0.217 e. The topological polar surface area (TPSA) is 59.9 Å². The van der Waals surface area contributed by atoms with Gasteiger partial charge in [-0.25, -0.2) is 0 Å². The summed E-state index contributed by atoms with van der Waals surface area (Å²) in [5.41, 5.74) is 4.34. The van der Waals surface area contributed by atoms with E-state index in [9.17, 15) is 4.79 Å². The number of carbonyl (C=O) groups is 1. The van der Waals surface area contributed by atoms with Crippen LogP contribution < -0.4 is 14.8 Å². The van der Waals surface area contributed by atoms with Crippen LogP contribution in [-0.4, -0.2) is 30.9 Å². The molecule has 1 aliphatic carbocycles. The van der Waals surface area contributed by atoms with E-state index in [0.29, 0.717) is 6.61 Å². The van der Waals surface area contributed by atoms with Crippen LogP contribution >= 0.6 is 0 Å².